The molecule has 3 heterocycles. The molecule has 0 unspecified atom stereocenters. The SMILES string of the molecule is C=NN(Cc1cccc2[nH]ncc12)C(=O)c1c(C)c2sc(S(C)(=O)=O)nc2n1C. The van der Waals surface area contributed by atoms with E-state index in [9.17, 15) is 13.2 Å². The first-order valence-corrected chi connectivity index (χ1v) is 11.3. The van der Waals surface area contributed by atoms with Crippen molar-refractivity contribution in [2.24, 2.45) is 12.1 Å². The van der Waals surface area contributed by atoms with Gasteiger partial charge in [0.15, 0.2) is 5.65 Å². The number of benzene rings is 1. The zero-order valence-corrected chi connectivity index (χ0v) is 17.6. The molecule has 0 spiro atoms. The van der Waals surface area contributed by atoms with Gasteiger partial charge in [-0.25, -0.2) is 18.4 Å². The summed E-state index contributed by atoms with van der Waals surface area (Å²) in [6.45, 7) is 5.55. The molecule has 3 aromatic heterocycles. The highest BCUT2D eigenvalue weighted by molar-refractivity contribution is 7.92. The first-order chi connectivity index (χ1) is 13.7. The van der Waals surface area contributed by atoms with Gasteiger partial charge in [0.2, 0.25) is 14.2 Å². The normalized spacial score (nSPS) is 12.0. The van der Waals surface area contributed by atoms with Crippen LogP contribution in [0.5, 0.6) is 0 Å². The molecule has 9 nitrogen and oxygen atoms in total. The molecule has 1 aromatic carbocycles. The minimum atomic E-state index is -3.42. The number of rotatable bonds is 5. The smallest absolute Gasteiger partial charge is 0.291 e. The Morgan fingerprint density at radius 2 is 2.17 bits per heavy atom. The number of carbonyl (C=O) groups excluding carboxylic acids is 1. The molecular weight excluding hydrogens is 412 g/mol. The van der Waals surface area contributed by atoms with Gasteiger partial charge < -0.3 is 4.57 Å². The van der Waals surface area contributed by atoms with Crippen LogP contribution >= 0.6 is 11.3 Å². The van der Waals surface area contributed by atoms with Gasteiger partial charge in [-0.1, -0.05) is 12.1 Å². The average Bonchev–Trinajstić information content (AvgIpc) is 3.36. The molecule has 0 aliphatic rings. The molecule has 11 heteroatoms. The lowest BCUT2D eigenvalue weighted by Gasteiger charge is -2.18. The van der Waals surface area contributed by atoms with E-state index in [1.807, 2.05) is 18.2 Å². The molecule has 0 bridgehead atoms. The lowest BCUT2D eigenvalue weighted by molar-refractivity contribution is 0.0741. The topological polar surface area (TPSA) is 113 Å². The molecule has 4 rings (SSSR count). The summed E-state index contributed by atoms with van der Waals surface area (Å²) >= 11 is 1.06. The number of aryl methyl sites for hydroxylation is 2. The van der Waals surface area contributed by atoms with Crippen molar-refractivity contribution in [1.29, 1.82) is 0 Å². The maximum atomic E-state index is 13.3. The van der Waals surface area contributed by atoms with E-state index < -0.39 is 9.84 Å². The number of H-pyrrole nitrogens is 1. The predicted molar refractivity (Wildman–Crippen MR) is 112 cm³/mol. The van der Waals surface area contributed by atoms with E-state index in [0.717, 1.165) is 34.1 Å². The molecule has 150 valence electrons. The van der Waals surface area contributed by atoms with Crippen LogP contribution in [0.1, 0.15) is 21.6 Å². The summed E-state index contributed by atoms with van der Waals surface area (Å²) in [6.07, 6.45) is 2.82. The maximum absolute atomic E-state index is 13.3. The zero-order valence-electron chi connectivity index (χ0n) is 16.0. The van der Waals surface area contributed by atoms with Gasteiger partial charge in [-0.2, -0.15) is 10.2 Å². The fourth-order valence-electron chi connectivity index (χ4n) is 3.33. The number of aromatic nitrogens is 4. The van der Waals surface area contributed by atoms with Crippen LogP contribution in [-0.4, -0.2) is 52.1 Å². The number of fused-ring (bicyclic) bond motifs is 2. The second kappa shape index (κ2) is 6.78. The fraction of sp³-hybridized carbons (Fsp3) is 0.222. The molecule has 0 aliphatic carbocycles. The molecule has 0 fully saturated rings. The average molecular weight is 431 g/mol. The zero-order chi connectivity index (χ0) is 20.9. The van der Waals surface area contributed by atoms with E-state index >= 15 is 0 Å². The van der Waals surface area contributed by atoms with Crippen LogP contribution in [0, 0.1) is 6.92 Å². The molecule has 4 aromatic rings. The van der Waals surface area contributed by atoms with E-state index in [1.165, 1.54) is 5.01 Å². The summed E-state index contributed by atoms with van der Waals surface area (Å²) in [5.41, 5.74) is 3.26. The molecule has 0 radical (unpaired) electrons. The number of nitrogens with one attached hydrogen (secondary N) is 1. The monoisotopic (exact) mass is 430 g/mol. The predicted octanol–water partition coefficient (Wildman–Crippen LogP) is 2.48. The van der Waals surface area contributed by atoms with Crippen molar-refractivity contribution in [3.05, 3.63) is 41.2 Å². The summed E-state index contributed by atoms with van der Waals surface area (Å²) in [7, 11) is -1.73. The number of aromatic amines is 1. The van der Waals surface area contributed by atoms with Crippen LogP contribution < -0.4 is 0 Å². The van der Waals surface area contributed by atoms with Gasteiger partial charge in [-0.05, 0) is 24.1 Å². The highest BCUT2D eigenvalue weighted by Crippen LogP contribution is 2.33. The molecule has 1 amide bonds. The molecule has 0 saturated heterocycles. The van der Waals surface area contributed by atoms with Gasteiger partial charge in [0, 0.05) is 25.4 Å². The van der Waals surface area contributed by atoms with E-state index in [2.05, 4.69) is 27.0 Å². The minimum absolute atomic E-state index is 0.0329. The Labute approximate surface area is 170 Å². The Morgan fingerprint density at radius 1 is 1.41 bits per heavy atom. The second-order valence-corrected chi connectivity index (χ2v) is 9.88. The van der Waals surface area contributed by atoms with Crippen LogP contribution in [-0.2, 0) is 23.4 Å². The van der Waals surface area contributed by atoms with Crippen molar-refractivity contribution in [1.82, 2.24) is 24.8 Å². The molecule has 0 atom stereocenters. The number of hydrogen-bond donors (Lipinski definition) is 1. The van der Waals surface area contributed by atoms with E-state index in [4.69, 9.17) is 0 Å². The van der Waals surface area contributed by atoms with Crippen molar-refractivity contribution in [3.8, 4) is 0 Å². The quantitative estimate of drug-likeness (QED) is 0.386. The highest BCUT2D eigenvalue weighted by Gasteiger charge is 2.27. The number of thiazole rings is 1. The molecule has 29 heavy (non-hydrogen) atoms. The molecule has 1 N–H and O–H groups in total. The number of nitrogens with zero attached hydrogens (tertiary/aromatic N) is 5. The number of carbonyl (C=O) groups is 1. The summed E-state index contributed by atoms with van der Waals surface area (Å²) in [5, 5.41) is 13.0. The highest BCUT2D eigenvalue weighted by atomic mass is 32.2. The number of hydrazone groups is 1. The van der Waals surface area contributed by atoms with Gasteiger partial charge >= 0.3 is 0 Å². The Kier molecular flexibility index (Phi) is 4.50. The lowest BCUT2D eigenvalue weighted by atomic mass is 10.1. The first kappa shape index (κ1) is 19.3. The molecule has 0 saturated carbocycles. The van der Waals surface area contributed by atoms with Crippen LogP contribution in [0.2, 0.25) is 0 Å². The van der Waals surface area contributed by atoms with Gasteiger partial charge in [0.25, 0.3) is 5.91 Å². The van der Waals surface area contributed by atoms with E-state index in [0.29, 0.717) is 21.6 Å². The summed E-state index contributed by atoms with van der Waals surface area (Å²) < 4.78 is 25.9. The van der Waals surface area contributed by atoms with Crippen molar-refractivity contribution < 1.29 is 13.2 Å². The standard InChI is InChI=1S/C18H18N6O3S2/c1-10-14(23(3)16-15(10)28-18(21-16)29(4,26)27)17(25)24(19-2)9-11-6-5-7-13-12(11)8-20-22-13/h5-8H,2,9H2,1,3-4H3,(H,20,22). The van der Waals surface area contributed by atoms with Crippen molar-refractivity contribution in [2.45, 2.75) is 17.8 Å². The number of hydrogen-bond acceptors (Lipinski definition) is 7. The van der Waals surface area contributed by atoms with Crippen molar-refractivity contribution in [3.63, 3.8) is 0 Å². The fourth-order valence-corrected chi connectivity index (χ4v) is 5.27. The van der Waals surface area contributed by atoms with Gasteiger partial charge in [-0.3, -0.25) is 9.89 Å². The van der Waals surface area contributed by atoms with Crippen LogP contribution in [0.3, 0.4) is 0 Å². The van der Waals surface area contributed by atoms with E-state index in [1.54, 1.807) is 24.7 Å². The first-order valence-electron chi connectivity index (χ1n) is 8.57. The van der Waals surface area contributed by atoms with Crippen molar-refractivity contribution >= 4 is 55.0 Å². The van der Waals surface area contributed by atoms with E-state index in [-0.39, 0.29) is 16.8 Å². The van der Waals surface area contributed by atoms with Crippen LogP contribution in [0.25, 0.3) is 21.3 Å². The Hall–Kier alpha value is -3.05. The largest absolute Gasteiger partial charge is 0.323 e. The minimum Gasteiger partial charge on any atom is -0.323 e. The third kappa shape index (κ3) is 3.12. The third-order valence-corrected chi connectivity index (χ3v) is 7.60. The molecule has 0 aliphatic heterocycles. The summed E-state index contributed by atoms with van der Waals surface area (Å²) in [4.78, 5) is 17.5. The Balaban J connectivity index is 1.74. The summed E-state index contributed by atoms with van der Waals surface area (Å²) in [5.74, 6) is -0.341. The Morgan fingerprint density at radius 3 is 2.83 bits per heavy atom. The van der Waals surface area contributed by atoms with Crippen LogP contribution in [0.4, 0.5) is 0 Å². The number of amides is 1. The van der Waals surface area contributed by atoms with Gasteiger partial charge in [0.05, 0.1) is 23.0 Å². The third-order valence-electron chi connectivity index (χ3n) is 4.76. The van der Waals surface area contributed by atoms with Crippen LogP contribution in [0.15, 0.2) is 33.8 Å². The summed E-state index contributed by atoms with van der Waals surface area (Å²) in [6, 6.07) is 5.68. The van der Waals surface area contributed by atoms with Gasteiger partial charge in [-0.15, -0.1) is 11.3 Å². The second-order valence-electron chi connectivity index (χ2n) is 6.69. The van der Waals surface area contributed by atoms with Crippen molar-refractivity contribution in [2.75, 3.05) is 6.26 Å². The Bertz CT molecular complexity index is 1340. The number of sulfone groups is 1. The maximum Gasteiger partial charge on any atom is 0.291 e. The van der Waals surface area contributed by atoms with Gasteiger partial charge in [0.1, 0.15) is 5.69 Å². The molecular formula is C18H18N6O3S2. The lowest BCUT2D eigenvalue weighted by Crippen LogP contribution is -2.27.